The number of carbonyl (C=O) groups is 1. The van der Waals surface area contributed by atoms with Crippen LogP contribution in [0.5, 0.6) is 0 Å². The van der Waals surface area contributed by atoms with Crippen molar-refractivity contribution in [1.82, 2.24) is 0 Å². The zero-order valence-corrected chi connectivity index (χ0v) is 13.0. The van der Waals surface area contributed by atoms with E-state index in [2.05, 4.69) is 6.92 Å². The van der Waals surface area contributed by atoms with Crippen molar-refractivity contribution in [3.05, 3.63) is 0 Å². The van der Waals surface area contributed by atoms with Gasteiger partial charge in [-0.1, -0.05) is 39.0 Å². The van der Waals surface area contributed by atoms with E-state index in [0.717, 1.165) is 11.8 Å². The monoisotopic (exact) mass is 282 g/mol. The molecule has 0 aromatic heterocycles. The van der Waals surface area contributed by atoms with Gasteiger partial charge in [-0.05, 0) is 44.4 Å². The summed E-state index contributed by atoms with van der Waals surface area (Å²) in [7, 11) is 0. The maximum absolute atomic E-state index is 11.1. The molecule has 4 unspecified atom stereocenters. The Kier molecular flexibility index (Phi) is 5.88. The summed E-state index contributed by atoms with van der Waals surface area (Å²) in [6, 6.07) is 0. The van der Waals surface area contributed by atoms with E-state index < -0.39 is 5.97 Å². The molecule has 0 bridgehead atoms. The van der Waals surface area contributed by atoms with Gasteiger partial charge < -0.3 is 9.84 Å². The van der Waals surface area contributed by atoms with Crippen molar-refractivity contribution in [3.8, 4) is 0 Å². The number of carboxylic acid groups (broad SMARTS) is 1. The standard InChI is InChI=1S/C17H30O3/c1-3-13(17(18)19)11-12(2)20-16-10-6-9-15(16)14-7-4-5-8-14/h12-16H,3-11H2,1-2H3,(H,18,19). The van der Waals surface area contributed by atoms with Crippen LogP contribution in [0.3, 0.4) is 0 Å². The number of carboxylic acids is 1. The van der Waals surface area contributed by atoms with Gasteiger partial charge in [-0.25, -0.2) is 0 Å². The summed E-state index contributed by atoms with van der Waals surface area (Å²) in [5, 5.41) is 9.15. The smallest absolute Gasteiger partial charge is 0.306 e. The molecule has 2 aliphatic rings. The van der Waals surface area contributed by atoms with Crippen molar-refractivity contribution >= 4 is 5.97 Å². The third-order valence-corrected chi connectivity index (χ3v) is 5.37. The highest BCUT2D eigenvalue weighted by molar-refractivity contribution is 5.69. The molecule has 0 aromatic rings. The first-order valence-corrected chi connectivity index (χ1v) is 8.50. The SMILES string of the molecule is CCC(CC(C)OC1CCCC1C1CCCC1)C(=O)O. The maximum atomic E-state index is 11.1. The van der Waals surface area contributed by atoms with Gasteiger partial charge in [-0.2, -0.15) is 0 Å². The molecule has 3 heteroatoms. The lowest BCUT2D eigenvalue weighted by Crippen LogP contribution is -2.30. The Morgan fingerprint density at radius 1 is 1.20 bits per heavy atom. The normalized spacial score (nSPS) is 30.5. The van der Waals surface area contributed by atoms with E-state index in [4.69, 9.17) is 9.84 Å². The second kappa shape index (κ2) is 7.44. The van der Waals surface area contributed by atoms with E-state index in [1.54, 1.807) is 0 Å². The Morgan fingerprint density at radius 3 is 2.50 bits per heavy atom. The Balaban J connectivity index is 1.83. The van der Waals surface area contributed by atoms with E-state index in [-0.39, 0.29) is 12.0 Å². The Morgan fingerprint density at radius 2 is 1.90 bits per heavy atom. The summed E-state index contributed by atoms with van der Waals surface area (Å²) in [6.07, 6.45) is 11.1. The van der Waals surface area contributed by atoms with Crippen molar-refractivity contribution in [3.63, 3.8) is 0 Å². The zero-order chi connectivity index (χ0) is 14.5. The number of hydrogen-bond acceptors (Lipinski definition) is 2. The van der Waals surface area contributed by atoms with Crippen LogP contribution < -0.4 is 0 Å². The lowest BCUT2D eigenvalue weighted by atomic mass is 9.88. The highest BCUT2D eigenvalue weighted by Crippen LogP contribution is 2.42. The highest BCUT2D eigenvalue weighted by Gasteiger charge is 2.36. The third kappa shape index (κ3) is 3.97. The molecular weight excluding hydrogens is 252 g/mol. The molecule has 2 fully saturated rings. The first-order chi connectivity index (χ1) is 9.61. The summed E-state index contributed by atoms with van der Waals surface area (Å²) in [6.45, 7) is 4.00. The average Bonchev–Trinajstić information content (AvgIpc) is 3.05. The molecule has 2 rings (SSSR count). The van der Waals surface area contributed by atoms with Crippen LogP contribution in [-0.2, 0) is 9.53 Å². The summed E-state index contributed by atoms with van der Waals surface area (Å²) >= 11 is 0. The first kappa shape index (κ1) is 15.8. The lowest BCUT2D eigenvalue weighted by Gasteiger charge is -2.29. The molecule has 116 valence electrons. The molecule has 0 aromatic carbocycles. The minimum Gasteiger partial charge on any atom is -0.481 e. The van der Waals surface area contributed by atoms with Crippen molar-refractivity contribution < 1.29 is 14.6 Å². The van der Waals surface area contributed by atoms with Crippen LogP contribution in [0.25, 0.3) is 0 Å². The number of aliphatic carboxylic acids is 1. The van der Waals surface area contributed by atoms with Gasteiger partial charge in [-0.3, -0.25) is 4.79 Å². The van der Waals surface area contributed by atoms with Gasteiger partial charge in [0.15, 0.2) is 0 Å². The molecule has 1 N–H and O–H groups in total. The third-order valence-electron chi connectivity index (χ3n) is 5.37. The largest absolute Gasteiger partial charge is 0.481 e. The quantitative estimate of drug-likeness (QED) is 0.759. The average molecular weight is 282 g/mol. The topological polar surface area (TPSA) is 46.5 Å². The number of hydrogen-bond donors (Lipinski definition) is 1. The lowest BCUT2D eigenvalue weighted by molar-refractivity contribution is -0.144. The first-order valence-electron chi connectivity index (χ1n) is 8.50. The summed E-state index contributed by atoms with van der Waals surface area (Å²) in [5.41, 5.74) is 0. The molecule has 0 amide bonds. The minimum atomic E-state index is -0.679. The second-order valence-electron chi connectivity index (χ2n) is 6.80. The van der Waals surface area contributed by atoms with E-state index in [9.17, 15) is 4.79 Å². The molecule has 0 spiro atoms. The van der Waals surface area contributed by atoms with Gasteiger partial charge in [0.05, 0.1) is 18.1 Å². The van der Waals surface area contributed by atoms with E-state index >= 15 is 0 Å². The number of ether oxygens (including phenoxy) is 1. The van der Waals surface area contributed by atoms with Crippen molar-refractivity contribution in [2.75, 3.05) is 0 Å². The van der Waals surface area contributed by atoms with Crippen LogP contribution >= 0.6 is 0 Å². The fourth-order valence-corrected chi connectivity index (χ4v) is 4.25. The molecule has 4 atom stereocenters. The fourth-order valence-electron chi connectivity index (χ4n) is 4.25. The molecule has 2 aliphatic carbocycles. The molecule has 3 nitrogen and oxygen atoms in total. The summed E-state index contributed by atoms with van der Waals surface area (Å²) in [5.74, 6) is 0.680. The second-order valence-corrected chi connectivity index (χ2v) is 6.80. The van der Waals surface area contributed by atoms with Crippen LogP contribution in [0, 0.1) is 17.8 Å². The Hall–Kier alpha value is -0.570. The van der Waals surface area contributed by atoms with Gasteiger partial charge in [0, 0.05) is 0 Å². The molecular formula is C17H30O3. The van der Waals surface area contributed by atoms with Gasteiger partial charge in [-0.15, -0.1) is 0 Å². The van der Waals surface area contributed by atoms with Gasteiger partial charge in [0.25, 0.3) is 0 Å². The molecule has 20 heavy (non-hydrogen) atoms. The van der Waals surface area contributed by atoms with Crippen LogP contribution in [-0.4, -0.2) is 23.3 Å². The summed E-state index contributed by atoms with van der Waals surface area (Å²) in [4.78, 5) is 11.1. The van der Waals surface area contributed by atoms with Crippen LogP contribution in [0.1, 0.15) is 71.6 Å². The van der Waals surface area contributed by atoms with Gasteiger partial charge in [0.1, 0.15) is 0 Å². The Labute approximate surface area is 123 Å². The summed E-state index contributed by atoms with van der Waals surface area (Å²) < 4.78 is 6.26. The molecule has 0 saturated heterocycles. The van der Waals surface area contributed by atoms with E-state index in [1.807, 2.05) is 6.92 Å². The van der Waals surface area contributed by atoms with Gasteiger partial charge in [0.2, 0.25) is 0 Å². The Bertz CT molecular complexity index is 309. The van der Waals surface area contributed by atoms with Crippen LogP contribution in [0.4, 0.5) is 0 Å². The van der Waals surface area contributed by atoms with Gasteiger partial charge >= 0.3 is 5.97 Å². The minimum absolute atomic E-state index is 0.0723. The molecule has 0 heterocycles. The van der Waals surface area contributed by atoms with Crippen molar-refractivity contribution in [1.29, 1.82) is 0 Å². The molecule has 0 radical (unpaired) electrons. The molecule has 0 aliphatic heterocycles. The number of rotatable bonds is 7. The van der Waals surface area contributed by atoms with Crippen LogP contribution in [0.15, 0.2) is 0 Å². The van der Waals surface area contributed by atoms with Crippen molar-refractivity contribution in [2.45, 2.75) is 83.8 Å². The predicted octanol–water partition coefficient (Wildman–Crippen LogP) is 4.25. The maximum Gasteiger partial charge on any atom is 0.306 e. The predicted molar refractivity (Wildman–Crippen MR) is 79.7 cm³/mol. The molecule has 2 saturated carbocycles. The van der Waals surface area contributed by atoms with Crippen LogP contribution in [0.2, 0.25) is 0 Å². The van der Waals surface area contributed by atoms with Crippen molar-refractivity contribution in [2.24, 2.45) is 17.8 Å². The fraction of sp³-hybridized carbons (Fsp3) is 0.941. The van der Waals surface area contributed by atoms with E-state index in [0.29, 0.717) is 18.9 Å². The zero-order valence-electron chi connectivity index (χ0n) is 13.0. The highest BCUT2D eigenvalue weighted by atomic mass is 16.5. The van der Waals surface area contributed by atoms with E-state index in [1.165, 1.54) is 44.9 Å².